The van der Waals surface area contributed by atoms with Crippen molar-refractivity contribution in [3.8, 4) is 0 Å². The Morgan fingerprint density at radius 2 is 1.97 bits per heavy atom. The molecule has 3 aliphatic heterocycles. The number of rotatable bonds is 6. The molecule has 5 rings (SSSR count). The molecule has 0 aromatic heterocycles. The quantitative estimate of drug-likeness (QED) is 0.606. The summed E-state index contributed by atoms with van der Waals surface area (Å²) >= 11 is 0. The van der Waals surface area contributed by atoms with Gasteiger partial charge in [-0.25, -0.2) is 4.39 Å². The van der Waals surface area contributed by atoms with Crippen molar-refractivity contribution in [1.82, 2.24) is 15.1 Å². The Morgan fingerprint density at radius 1 is 1.21 bits per heavy atom. The van der Waals surface area contributed by atoms with Gasteiger partial charge >= 0.3 is 0 Å². The molecule has 3 amide bonds. The van der Waals surface area contributed by atoms with Crippen molar-refractivity contribution in [2.75, 3.05) is 31.4 Å². The Balaban J connectivity index is 1.74. The number of amides is 3. The van der Waals surface area contributed by atoms with Gasteiger partial charge in [-0.05, 0) is 18.5 Å². The molecule has 178 valence electrons. The van der Waals surface area contributed by atoms with Gasteiger partial charge in [-0.1, -0.05) is 24.2 Å². The van der Waals surface area contributed by atoms with Crippen LogP contribution >= 0.6 is 0 Å². The zero-order chi connectivity index (χ0) is 42.4. The van der Waals surface area contributed by atoms with Crippen molar-refractivity contribution >= 4 is 23.4 Å². The molecule has 8 nitrogen and oxygen atoms in total. The van der Waals surface area contributed by atoms with Crippen LogP contribution in [-0.2, 0) is 33.8 Å². The second-order valence-corrected chi connectivity index (χ2v) is 6.74. The maximum absolute atomic E-state index is 16.8. The highest BCUT2D eigenvalue weighted by Gasteiger charge is 2.39. The number of piperidine rings is 1. The van der Waals surface area contributed by atoms with E-state index in [2.05, 4.69) is 4.74 Å². The van der Waals surface area contributed by atoms with E-state index in [-0.39, 0.29) is 4.90 Å². The second-order valence-electron chi connectivity index (χ2n) is 6.74. The molecule has 2 aromatic rings. The molecule has 1 atom stereocenters. The highest BCUT2D eigenvalue weighted by atomic mass is 19.1. The third-order valence-electron chi connectivity index (χ3n) is 4.66. The van der Waals surface area contributed by atoms with E-state index >= 15 is 4.39 Å². The molecule has 9 heteroatoms. The molecule has 0 radical (unpaired) electrons. The minimum Gasteiger partial charge on any atom is -0.381 e. The summed E-state index contributed by atoms with van der Waals surface area (Å²) in [6.07, 6.45) is -1.34. The first-order chi connectivity index (χ1) is 24.6. The first kappa shape index (κ1) is 8.73. The number of halogens is 1. The third-order valence-corrected chi connectivity index (χ3v) is 4.66. The van der Waals surface area contributed by atoms with Crippen molar-refractivity contribution in [3.05, 3.63) is 64.3 Å². The molecule has 0 aliphatic carbocycles. The standard InChI is InChI=1S/C25H27FN4O4/c26-23-16(3-1-4-17(23)14-29-9-11-34-12-10-29)13-27-20-6-2-5-18-19(20)15-30(25(18)33)21-7-8-22(31)28-24(21)32/h1-6,21,27H,7-15H2,(H,28,31,32)/i1D,2D,3D,4D,5D,6D,9D2,10D2,11D2,12D2,13D2,14D2,15D2,21D. The van der Waals surface area contributed by atoms with Crippen LogP contribution in [0.3, 0.4) is 0 Å². The Morgan fingerprint density at radius 3 is 2.76 bits per heavy atom. The third kappa shape index (κ3) is 4.41. The molecule has 3 aliphatic rings. The fraction of sp³-hybridized carbons (Fsp3) is 0.400. The second kappa shape index (κ2) is 9.52. The van der Waals surface area contributed by atoms with Crippen LogP contribution in [0.4, 0.5) is 10.1 Å². The summed E-state index contributed by atoms with van der Waals surface area (Å²) in [5.74, 6) is -6.28. The van der Waals surface area contributed by atoms with Crippen molar-refractivity contribution in [3.63, 3.8) is 0 Å². The number of nitrogens with zero attached hydrogens (tertiary/aromatic N) is 2. The van der Waals surface area contributed by atoms with E-state index in [0.717, 1.165) is 0 Å². The fourth-order valence-corrected chi connectivity index (χ4v) is 3.09. The van der Waals surface area contributed by atoms with Gasteiger partial charge in [0.15, 0.2) is 0 Å². The van der Waals surface area contributed by atoms with Crippen molar-refractivity contribution in [1.29, 1.82) is 0 Å². The molecular weight excluding hydrogens is 439 g/mol. The van der Waals surface area contributed by atoms with Gasteiger partial charge in [-0.15, -0.1) is 0 Å². The lowest BCUT2D eigenvalue weighted by Gasteiger charge is -2.29. The number of carbonyl (C=O) groups excluding carboxylic acids is 3. The number of fused-ring (bicyclic) bond motifs is 1. The van der Waals surface area contributed by atoms with Crippen LogP contribution in [-0.4, -0.2) is 59.7 Å². The highest BCUT2D eigenvalue weighted by Crippen LogP contribution is 2.32. The topological polar surface area (TPSA) is 91.0 Å². The molecule has 2 saturated heterocycles. The molecular formula is C25H27FN4O4. The smallest absolute Gasteiger partial charge is 0.255 e. The number of carbonyl (C=O) groups is 3. The van der Waals surface area contributed by atoms with E-state index < -0.39 is 157 Å². The summed E-state index contributed by atoms with van der Waals surface area (Å²) in [4.78, 5) is 37.5. The number of hydrogen-bond acceptors (Lipinski definition) is 6. The average molecular weight is 488 g/mol. The average Bonchev–Trinajstić information content (AvgIpc) is 3.22. The first-order valence-electron chi connectivity index (χ1n) is 20.0. The van der Waals surface area contributed by atoms with Crippen LogP contribution in [0.2, 0.25) is 0 Å². The van der Waals surface area contributed by atoms with E-state index in [4.69, 9.17) is 28.8 Å². The van der Waals surface area contributed by atoms with Crippen molar-refractivity contribution < 1.29 is 52.3 Å². The van der Waals surface area contributed by atoms with Gasteiger partial charge in [0.2, 0.25) is 11.8 Å². The summed E-state index contributed by atoms with van der Waals surface area (Å²) in [6.45, 7) is -27.4. The van der Waals surface area contributed by atoms with Gasteiger partial charge in [0, 0.05) is 75.1 Å². The summed E-state index contributed by atoms with van der Waals surface area (Å²) < 4.78 is 197. The van der Waals surface area contributed by atoms with Crippen LogP contribution < -0.4 is 10.6 Å². The van der Waals surface area contributed by atoms with E-state index in [1.165, 1.54) is 0 Å². The minimum atomic E-state index is -4.25. The van der Waals surface area contributed by atoms with Gasteiger partial charge in [-0.3, -0.25) is 24.6 Å². The van der Waals surface area contributed by atoms with E-state index in [1.807, 2.05) is 5.32 Å². The summed E-state index contributed by atoms with van der Waals surface area (Å²) in [5.41, 5.74) is -7.11. The van der Waals surface area contributed by atoms with Gasteiger partial charge in [0.1, 0.15) is 11.8 Å². The monoisotopic (exact) mass is 487 g/mol. The number of ether oxygens (including phenoxy) is 1. The first-order valence-corrected chi connectivity index (χ1v) is 9.51. The zero-order valence-corrected chi connectivity index (χ0v) is 16.8. The number of morpholine rings is 1. The molecule has 1 unspecified atom stereocenters. The predicted molar refractivity (Wildman–Crippen MR) is 122 cm³/mol. The van der Waals surface area contributed by atoms with Crippen LogP contribution in [0, 0.1) is 5.82 Å². The molecule has 0 bridgehead atoms. The Kier molecular flexibility index (Phi) is 2.44. The number of benzene rings is 2. The zero-order valence-electron chi connectivity index (χ0n) is 37.8. The van der Waals surface area contributed by atoms with Crippen molar-refractivity contribution in [2.24, 2.45) is 0 Å². The van der Waals surface area contributed by atoms with Gasteiger partial charge in [0.25, 0.3) is 5.91 Å². The highest BCUT2D eigenvalue weighted by molar-refractivity contribution is 6.06. The molecule has 0 saturated carbocycles. The Hall–Kier alpha value is -3.30. The van der Waals surface area contributed by atoms with E-state index in [9.17, 15) is 14.4 Å². The molecule has 3 heterocycles. The number of hydrogen-bond donors (Lipinski definition) is 2. The lowest BCUT2D eigenvalue weighted by Crippen LogP contribution is -2.52. The van der Waals surface area contributed by atoms with Crippen LogP contribution in [0.5, 0.6) is 0 Å². The number of nitrogens with one attached hydrogen (secondary N) is 2. The largest absolute Gasteiger partial charge is 0.381 e. The van der Waals surface area contributed by atoms with Crippen LogP contribution in [0.15, 0.2) is 36.3 Å². The SMILES string of the molecule is [2H]c1c([2H])c(NC([2H])([2H])c2c([2H])c([2H])c([2H])c(C([2H])([2H])N3C([2H])([2H])C([2H])([2H])OC([2H])([2H])C3([2H])[2H])c2F)c2c(c1[2H])C(=O)N(C1([2H])CCC(=O)NC1=O)C2([2H])[2H]. The van der Waals surface area contributed by atoms with Gasteiger partial charge in [-0.2, -0.15) is 0 Å². The minimum absolute atomic E-state index is 0.00836. The summed E-state index contributed by atoms with van der Waals surface area (Å²) in [7, 11) is 0. The lowest BCUT2D eigenvalue weighted by molar-refractivity contribution is -0.136. The number of imide groups is 1. The lowest BCUT2D eigenvalue weighted by atomic mass is 10.0. The Labute approximate surface area is 226 Å². The van der Waals surface area contributed by atoms with Crippen LogP contribution in [0.25, 0.3) is 0 Å². The van der Waals surface area contributed by atoms with Crippen LogP contribution in [0.1, 0.15) is 68.7 Å². The maximum Gasteiger partial charge on any atom is 0.255 e. The maximum atomic E-state index is 16.8. The molecule has 34 heavy (non-hydrogen) atoms. The van der Waals surface area contributed by atoms with E-state index in [1.54, 1.807) is 5.32 Å². The molecule has 0 spiro atoms. The number of anilines is 1. The fourth-order valence-electron chi connectivity index (χ4n) is 3.09. The molecule has 2 fully saturated rings. The van der Waals surface area contributed by atoms with E-state index in [0.29, 0.717) is 0 Å². The predicted octanol–water partition coefficient (Wildman–Crippen LogP) is 2.03. The van der Waals surface area contributed by atoms with Gasteiger partial charge < -0.3 is 15.0 Å². The summed E-state index contributed by atoms with van der Waals surface area (Å²) in [5, 5.41) is 3.60. The Bertz CT molecular complexity index is 2050. The van der Waals surface area contributed by atoms with Gasteiger partial charge in [0.05, 0.1) is 33.7 Å². The summed E-state index contributed by atoms with van der Waals surface area (Å²) in [6, 6.07) is -11.2. The van der Waals surface area contributed by atoms with Crippen molar-refractivity contribution in [2.45, 2.75) is 38.4 Å². The molecule has 2 aromatic carbocycles. The normalized spacial score (nSPS) is 40.3. The molecule has 2 N–H and O–H groups in total.